The summed E-state index contributed by atoms with van der Waals surface area (Å²) in [4.78, 5) is 6.49. The zero-order valence-corrected chi connectivity index (χ0v) is 13.1. The van der Waals surface area contributed by atoms with Gasteiger partial charge in [0.1, 0.15) is 24.1 Å². The van der Waals surface area contributed by atoms with Crippen LogP contribution in [0, 0.1) is 5.82 Å². The van der Waals surface area contributed by atoms with Gasteiger partial charge in [-0.15, -0.1) is 0 Å². The number of ether oxygens (including phenoxy) is 1. The van der Waals surface area contributed by atoms with Crippen molar-refractivity contribution in [2.75, 3.05) is 6.67 Å². The fourth-order valence-electron chi connectivity index (χ4n) is 2.46. The van der Waals surface area contributed by atoms with E-state index in [9.17, 15) is 17.6 Å². The molecule has 0 radical (unpaired) electrons. The highest BCUT2D eigenvalue weighted by Crippen LogP contribution is 2.42. The van der Waals surface area contributed by atoms with Crippen LogP contribution in [0.3, 0.4) is 0 Å². The molecule has 0 bridgehead atoms. The molecule has 1 aromatic heterocycles. The molecule has 24 heavy (non-hydrogen) atoms. The van der Waals surface area contributed by atoms with Crippen LogP contribution in [0.5, 0.6) is 5.75 Å². The third-order valence-electron chi connectivity index (χ3n) is 3.48. The van der Waals surface area contributed by atoms with Gasteiger partial charge in [-0.05, 0) is 24.4 Å². The number of rotatable bonds is 7. The topological polar surface area (TPSA) is 37.4 Å². The van der Waals surface area contributed by atoms with Crippen molar-refractivity contribution in [2.24, 2.45) is 4.99 Å². The quantitative estimate of drug-likeness (QED) is 0.515. The van der Waals surface area contributed by atoms with Crippen LogP contribution in [0.1, 0.15) is 22.6 Å². The summed E-state index contributed by atoms with van der Waals surface area (Å²) in [7, 11) is 0. The van der Waals surface area contributed by atoms with Crippen LogP contribution >= 0.6 is 11.6 Å². The summed E-state index contributed by atoms with van der Waals surface area (Å²) in [5, 5.41) is -0.486. The van der Waals surface area contributed by atoms with Gasteiger partial charge in [0, 0.05) is 23.2 Å². The molecule has 2 rings (SSSR count). The van der Waals surface area contributed by atoms with Gasteiger partial charge in [-0.2, -0.15) is 8.78 Å². The third-order valence-corrected chi connectivity index (χ3v) is 3.86. The minimum atomic E-state index is -3.17. The molecular formula is C16H13ClF4N2O. The molecule has 0 aliphatic heterocycles. The average molecular weight is 361 g/mol. The molecule has 0 amide bonds. The van der Waals surface area contributed by atoms with Gasteiger partial charge in [-0.1, -0.05) is 24.3 Å². The van der Waals surface area contributed by atoms with Crippen LogP contribution in [0.4, 0.5) is 23.4 Å². The number of hydrogen-bond donors (Lipinski definition) is 1. The Balaban J connectivity index is 2.67. The predicted octanol–water partition coefficient (Wildman–Crippen LogP) is 5.49. The molecule has 0 saturated heterocycles. The van der Waals surface area contributed by atoms with E-state index in [1.165, 1.54) is 12.3 Å². The summed E-state index contributed by atoms with van der Waals surface area (Å²) >= 11 is 5.90. The van der Waals surface area contributed by atoms with Gasteiger partial charge in [0.2, 0.25) is 0 Å². The van der Waals surface area contributed by atoms with Crippen molar-refractivity contribution in [3.8, 4) is 5.75 Å². The van der Waals surface area contributed by atoms with Gasteiger partial charge < -0.3 is 9.72 Å². The lowest BCUT2D eigenvalue weighted by molar-refractivity contribution is -0.0506. The normalized spacial score (nSPS) is 12.2. The highest BCUT2D eigenvalue weighted by Gasteiger charge is 2.28. The first-order chi connectivity index (χ1) is 11.4. The Morgan fingerprint density at radius 2 is 2.08 bits per heavy atom. The number of aliphatic imine (C=N–C) groups is 1. The molecule has 0 fully saturated rings. The Labute approximate surface area is 140 Å². The molecule has 1 unspecified atom stereocenters. The Bertz CT molecular complexity index is 761. The summed E-state index contributed by atoms with van der Waals surface area (Å²) in [6, 6.07) is 1.86. The Morgan fingerprint density at radius 3 is 2.62 bits per heavy atom. The van der Waals surface area contributed by atoms with Gasteiger partial charge in [0.25, 0.3) is 0 Å². The number of aromatic nitrogens is 1. The zero-order chi connectivity index (χ0) is 17.9. The third kappa shape index (κ3) is 3.31. The van der Waals surface area contributed by atoms with Crippen molar-refractivity contribution in [2.45, 2.75) is 12.5 Å². The monoisotopic (exact) mass is 360 g/mol. The number of nitrogens with zero attached hydrogens (tertiary/aromatic N) is 1. The molecule has 1 N–H and O–H groups in total. The lowest BCUT2D eigenvalue weighted by atomic mass is 9.90. The minimum Gasteiger partial charge on any atom is -0.434 e. The summed E-state index contributed by atoms with van der Waals surface area (Å²) < 4.78 is 57.2. The van der Waals surface area contributed by atoms with Crippen LogP contribution in [0.15, 0.2) is 29.9 Å². The molecular weight excluding hydrogens is 348 g/mol. The minimum absolute atomic E-state index is 0.211. The Morgan fingerprint density at radius 1 is 1.38 bits per heavy atom. The smallest absolute Gasteiger partial charge is 0.387 e. The molecule has 0 spiro atoms. The van der Waals surface area contributed by atoms with Gasteiger partial charge in [0.15, 0.2) is 0 Å². The SMILES string of the molecule is C=Cc1c(C(CF)c2c(OC(F)F)ccc(F)c2Cl)c[nH]c1N=C. The average Bonchev–Trinajstić information content (AvgIpc) is 2.96. The van der Waals surface area contributed by atoms with Crippen molar-refractivity contribution in [3.63, 3.8) is 0 Å². The highest BCUT2D eigenvalue weighted by atomic mass is 35.5. The molecule has 0 aliphatic rings. The van der Waals surface area contributed by atoms with Crippen molar-refractivity contribution in [1.82, 2.24) is 4.98 Å². The lowest BCUT2D eigenvalue weighted by Crippen LogP contribution is -2.11. The maximum absolute atomic E-state index is 13.8. The van der Waals surface area contributed by atoms with E-state index in [0.29, 0.717) is 16.9 Å². The van der Waals surface area contributed by atoms with Gasteiger partial charge in [-0.25, -0.2) is 9.38 Å². The summed E-state index contributed by atoms with van der Waals surface area (Å²) in [6.07, 6.45) is 2.82. The van der Waals surface area contributed by atoms with Crippen molar-refractivity contribution < 1.29 is 22.3 Å². The number of hydrogen-bond acceptors (Lipinski definition) is 2. The molecule has 1 aromatic carbocycles. The number of nitrogens with one attached hydrogen (secondary N) is 1. The second-order valence-corrected chi connectivity index (χ2v) is 5.11. The van der Waals surface area contributed by atoms with E-state index in [-0.39, 0.29) is 5.56 Å². The molecule has 1 atom stereocenters. The first-order valence-electron chi connectivity index (χ1n) is 6.73. The van der Waals surface area contributed by atoms with E-state index in [1.54, 1.807) is 0 Å². The fourth-order valence-corrected chi connectivity index (χ4v) is 2.75. The molecule has 0 aliphatic carbocycles. The second kappa shape index (κ2) is 7.53. The van der Waals surface area contributed by atoms with Gasteiger partial charge in [-0.3, -0.25) is 4.39 Å². The molecule has 1 heterocycles. The first-order valence-corrected chi connectivity index (χ1v) is 7.11. The van der Waals surface area contributed by atoms with Crippen LogP contribution in [-0.4, -0.2) is 25.0 Å². The van der Waals surface area contributed by atoms with Crippen LogP contribution in [-0.2, 0) is 0 Å². The largest absolute Gasteiger partial charge is 0.434 e. The lowest BCUT2D eigenvalue weighted by Gasteiger charge is -2.20. The molecule has 8 heteroatoms. The number of benzene rings is 1. The van der Waals surface area contributed by atoms with Crippen LogP contribution in [0.25, 0.3) is 6.08 Å². The van der Waals surface area contributed by atoms with E-state index in [0.717, 1.165) is 12.1 Å². The maximum atomic E-state index is 13.8. The summed E-state index contributed by atoms with van der Waals surface area (Å²) in [5.41, 5.74) is 0.523. The zero-order valence-electron chi connectivity index (χ0n) is 12.3. The molecule has 128 valence electrons. The van der Waals surface area contributed by atoms with Gasteiger partial charge >= 0.3 is 6.61 Å². The molecule has 0 saturated carbocycles. The standard InChI is InChI=1S/C16H13ClF4N2O/c1-3-8-10(7-23-15(8)22-2)9(6-18)13-12(24-16(20)21)5-4-11(19)14(13)17/h3-5,7,9,16,23H,1-2,6H2. The van der Waals surface area contributed by atoms with E-state index in [2.05, 4.69) is 28.0 Å². The van der Waals surface area contributed by atoms with Crippen LogP contribution < -0.4 is 4.74 Å². The van der Waals surface area contributed by atoms with E-state index in [1.807, 2.05) is 0 Å². The Hall–Kier alpha value is -2.28. The maximum Gasteiger partial charge on any atom is 0.387 e. The van der Waals surface area contributed by atoms with E-state index < -0.39 is 35.8 Å². The number of alkyl halides is 3. The summed E-state index contributed by atoms with van der Waals surface area (Å²) in [5.74, 6) is -2.10. The van der Waals surface area contributed by atoms with Gasteiger partial charge in [0.05, 0.1) is 5.02 Å². The predicted molar refractivity (Wildman–Crippen MR) is 86.0 cm³/mol. The molecule has 2 aromatic rings. The fraction of sp³-hybridized carbons (Fsp3) is 0.188. The first kappa shape index (κ1) is 18.1. The van der Waals surface area contributed by atoms with Crippen molar-refractivity contribution >= 4 is 30.2 Å². The Kier molecular flexibility index (Phi) is 5.66. The van der Waals surface area contributed by atoms with Crippen molar-refractivity contribution in [3.05, 3.63) is 52.4 Å². The van der Waals surface area contributed by atoms with E-state index >= 15 is 0 Å². The second-order valence-electron chi connectivity index (χ2n) is 4.73. The summed E-state index contributed by atoms with van der Waals surface area (Å²) in [6.45, 7) is 2.78. The highest BCUT2D eigenvalue weighted by molar-refractivity contribution is 6.31. The van der Waals surface area contributed by atoms with E-state index in [4.69, 9.17) is 11.6 Å². The number of halogens is 5. The number of aromatic amines is 1. The van der Waals surface area contributed by atoms with Crippen LogP contribution in [0.2, 0.25) is 5.02 Å². The molecule has 3 nitrogen and oxygen atoms in total. The van der Waals surface area contributed by atoms with Crippen molar-refractivity contribution in [1.29, 1.82) is 0 Å². The number of H-pyrrole nitrogens is 1.